The summed E-state index contributed by atoms with van der Waals surface area (Å²) in [4.78, 5) is 12.8. The Morgan fingerprint density at radius 2 is 1.83 bits per heavy atom. The molecule has 178 valence electrons. The molecule has 0 bridgehead atoms. The maximum Gasteiger partial charge on any atom is 0.226 e. The number of benzene rings is 3. The van der Waals surface area contributed by atoms with E-state index in [0.717, 1.165) is 16.7 Å². The topological polar surface area (TPSA) is 65.4 Å². The molecule has 6 nitrogen and oxygen atoms in total. The predicted molar refractivity (Wildman–Crippen MR) is 127 cm³/mol. The summed E-state index contributed by atoms with van der Waals surface area (Å²) >= 11 is 0. The summed E-state index contributed by atoms with van der Waals surface area (Å²) in [5, 5.41) is 7.53. The summed E-state index contributed by atoms with van der Waals surface area (Å²) in [5.41, 5.74) is 3.61. The van der Waals surface area contributed by atoms with E-state index < -0.39 is 5.82 Å². The van der Waals surface area contributed by atoms with E-state index in [9.17, 15) is 13.6 Å². The second kappa shape index (κ2) is 9.21. The van der Waals surface area contributed by atoms with Gasteiger partial charge in [-0.2, -0.15) is 5.10 Å². The molecule has 1 aliphatic heterocycles. The molecule has 1 atom stereocenters. The number of fused-ring (bicyclic) bond motifs is 1. The van der Waals surface area contributed by atoms with Gasteiger partial charge in [0.2, 0.25) is 5.91 Å². The highest BCUT2D eigenvalue weighted by Crippen LogP contribution is 2.46. The van der Waals surface area contributed by atoms with E-state index in [2.05, 4.69) is 10.4 Å². The van der Waals surface area contributed by atoms with Crippen molar-refractivity contribution < 1.29 is 23.0 Å². The van der Waals surface area contributed by atoms with Crippen LogP contribution in [0.25, 0.3) is 5.69 Å². The lowest BCUT2D eigenvalue weighted by Crippen LogP contribution is -2.25. The molecule has 5 rings (SSSR count). The molecule has 0 saturated carbocycles. The molecule has 1 N–H and O–H groups in total. The Balaban J connectivity index is 1.58. The molecule has 0 aliphatic carbocycles. The Kier molecular flexibility index (Phi) is 5.94. The summed E-state index contributed by atoms with van der Waals surface area (Å²) in [6, 6.07) is 17.7. The third kappa shape index (κ3) is 4.35. The number of methoxy groups -OCH3 is 1. The van der Waals surface area contributed by atoms with Crippen LogP contribution >= 0.6 is 0 Å². The highest BCUT2D eigenvalue weighted by atomic mass is 19.1. The molecule has 0 radical (unpaired) electrons. The number of para-hydroxylation sites is 1. The molecular formula is C27H23F2N3O3. The van der Waals surface area contributed by atoms with Gasteiger partial charge in [0.05, 0.1) is 18.5 Å². The Bertz CT molecular complexity index is 1400. The Labute approximate surface area is 201 Å². The van der Waals surface area contributed by atoms with Crippen molar-refractivity contribution >= 4 is 11.7 Å². The number of hydrogen-bond donors (Lipinski definition) is 1. The minimum atomic E-state index is -0.396. The first-order valence-corrected chi connectivity index (χ1v) is 11.1. The smallest absolute Gasteiger partial charge is 0.226 e. The number of carbonyl (C=O) groups is 1. The average molecular weight is 475 g/mol. The summed E-state index contributed by atoms with van der Waals surface area (Å²) in [6.45, 7) is 2.05. The van der Waals surface area contributed by atoms with Crippen molar-refractivity contribution in [3.05, 3.63) is 101 Å². The maximum absolute atomic E-state index is 13.9. The van der Waals surface area contributed by atoms with Gasteiger partial charge >= 0.3 is 0 Å². The number of nitrogens with one attached hydrogen (secondary N) is 1. The Hall–Kier alpha value is -4.20. The average Bonchev–Trinajstić information content (AvgIpc) is 3.19. The molecule has 8 heteroatoms. The number of aryl methyl sites for hydroxylation is 1. The number of nitrogens with zero attached hydrogens (tertiary/aromatic N) is 2. The van der Waals surface area contributed by atoms with Gasteiger partial charge in [-0.05, 0) is 48.9 Å². The highest BCUT2D eigenvalue weighted by Gasteiger charge is 2.35. The summed E-state index contributed by atoms with van der Waals surface area (Å²) in [5.74, 6) is 0.259. The second-order valence-electron chi connectivity index (χ2n) is 8.34. The molecule has 0 spiro atoms. The standard InChI is InChI=1S/C27H23F2N3O3/c1-16-25-22(14-24(33)30-27(25)32(31-16)20-6-3-5-19(29)13-20)21-7-4-8-23(34-2)26(21)35-15-17-9-11-18(28)12-10-17/h3-13,22H,14-15H2,1-2H3,(H,30,33)/t22-/m1/s1. The minimum absolute atomic E-state index is 0.183. The number of aromatic nitrogens is 2. The zero-order valence-electron chi connectivity index (χ0n) is 19.2. The zero-order valence-corrected chi connectivity index (χ0v) is 19.2. The number of anilines is 1. The molecule has 0 saturated heterocycles. The zero-order chi connectivity index (χ0) is 24.5. The first-order valence-electron chi connectivity index (χ1n) is 11.1. The van der Waals surface area contributed by atoms with Gasteiger partial charge in [0.25, 0.3) is 0 Å². The number of carbonyl (C=O) groups excluding carboxylic acids is 1. The third-order valence-corrected chi connectivity index (χ3v) is 6.06. The monoisotopic (exact) mass is 475 g/mol. The fourth-order valence-electron chi connectivity index (χ4n) is 4.47. The van der Waals surface area contributed by atoms with Gasteiger partial charge in [0.15, 0.2) is 11.5 Å². The van der Waals surface area contributed by atoms with E-state index in [-0.39, 0.29) is 30.7 Å². The van der Waals surface area contributed by atoms with Crippen molar-refractivity contribution in [3.8, 4) is 17.2 Å². The Morgan fingerprint density at radius 1 is 1.06 bits per heavy atom. The van der Waals surface area contributed by atoms with Gasteiger partial charge in [-0.25, -0.2) is 13.5 Å². The largest absolute Gasteiger partial charge is 0.493 e. The molecular weight excluding hydrogens is 452 g/mol. The van der Waals surface area contributed by atoms with Crippen molar-refractivity contribution in [3.63, 3.8) is 0 Å². The van der Waals surface area contributed by atoms with E-state index in [0.29, 0.717) is 28.7 Å². The SMILES string of the molecule is COc1cccc([C@H]2CC(=O)Nc3c2c(C)nn3-c2cccc(F)c2)c1OCc1ccc(F)cc1. The van der Waals surface area contributed by atoms with Crippen LogP contribution in [-0.2, 0) is 11.4 Å². The number of rotatable bonds is 6. The molecule has 0 fully saturated rings. The fourth-order valence-corrected chi connectivity index (χ4v) is 4.47. The lowest BCUT2D eigenvalue weighted by atomic mass is 9.85. The van der Waals surface area contributed by atoms with Crippen LogP contribution in [0, 0.1) is 18.6 Å². The fraction of sp³-hybridized carbons (Fsp3) is 0.185. The number of ether oxygens (including phenoxy) is 2. The minimum Gasteiger partial charge on any atom is -0.493 e. The van der Waals surface area contributed by atoms with Crippen molar-refractivity contribution in [2.45, 2.75) is 25.9 Å². The second-order valence-corrected chi connectivity index (χ2v) is 8.34. The molecule has 4 aromatic rings. The Morgan fingerprint density at radius 3 is 2.57 bits per heavy atom. The van der Waals surface area contributed by atoms with Crippen LogP contribution in [0.2, 0.25) is 0 Å². The van der Waals surface area contributed by atoms with Crippen molar-refractivity contribution in [2.24, 2.45) is 0 Å². The van der Waals surface area contributed by atoms with Gasteiger partial charge in [0, 0.05) is 23.5 Å². The van der Waals surface area contributed by atoms with Crippen LogP contribution < -0.4 is 14.8 Å². The molecule has 0 unspecified atom stereocenters. The first kappa shape index (κ1) is 22.6. The van der Waals surface area contributed by atoms with Crippen molar-refractivity contribution in [2.75, 3.05) is 12.4 Å². The van der Waals surface area contributed by atoms with Gasteiger partial charge < -0.3 is 14.8 Å². The number of amides is 1. The lowest BCUT2D eigenvalue weighted by molar-refractivity contribution is -0.116. The number of hydrogen-bond acceptors (Lipinski definition) is 4. The molecule has 1 aromatic heterocycles. The summed E-state index contributed by atoms with van der Waals surface area (Å²) in [6.07, 6.45) is 0.183. The van der Waals surface area contributed by atoms with Crippen LogP contribution in [0.3, 0.4) is 0 Å². The number of halogens is 2. The maximum atomic E-state index is 13.9. The van der Waals surface area contributed by atoms with Crippen molar-refractivity contribution in [1.29, 1.82) is 0 Å². The van der Waals surface area contributed by atoms with Gasteiger partial charge in [0.1, 0.15) is 24.1 Å². The van der Waals surface area contributed by atoms with Crippen LogP contribution in [0.1, 0.15) is 34.7 Å². The normalized spacial score (nSPS) is 14.9. The summed E-state index contributed by atoms with van der Waals surface area (Å²) < 4.78 is 40.5. The third-order valence-electron chi connectivity index (χ3n) is 6.06. The van der Waals surface area contributed by atoms with Gasteiger partial charge in [-0.15, -0.1) is 0 Å². The molecule has 2 heterocycles. The van der Waals surface area contributed by atoms with Crippen LogP contribution in [0.15, 0.2) is 66.7 Å². The van der Waals surface area contributed by atoms with Gasteiger partial charge in [-0.3, -0.25) is 4.79 Å². The van der Waals surface area contributed by atoms with Gasteiger partial charge in [-0.1, -0.05) is 30.3 Å². The van der Waals surface area contributed by atoms with E-state index in [1.165, 1.54) is 24.3 Å². The van der Waals surface area contributed by atoms with Crippen LogP contribution in [0.4, 0.5) is 14.6 Å². The molecule has 3 aromatic carbocycles. The predicted octanol–water partition coefficient (Wildman–Crippen LogP) is 5.52. The van der Waals surface area contributed by atoms with Crippen LogP contribution in [-0.4, -0.2) is 22.8 Å². The summed E-state index contributed by atoms with van der Waals surface area (Å²) in [7, 11) is 1.55. The van der Waals surface area contributed by atoms with E-state index in [1.54, 1.807) is 42.1 Å². The quantitative estimate of drug-likeness (QED) is 0.399. The first-order chi connectivity index (χ1) is 16.9. The van der Waals surface area contributed by atoms with E-state index in [4.69, 9.17) is 9.47 Å². The molecule has 35 heavy (non-hydrogen) atoms. The van der Waals surface area contributed by atoms with E-state index in [1.807, 2.05) is 19.1 Å². The van der Waals surface area contributed by atoms with E-state index >= 15 is 0 Å². The van der Waals surface area contributed by atoms with Crippen molar-refractivity contribution in [1.82, 2.24) is 9.78 Å². The molecule has 1 amide bonds. The lowest BCUT2D eigenvalue weighted by Gasteiger charge is -2.26. The molecule has 1 aliphatic rings. The highest BCUT2D eigenvalue weighted by molar-refractivity contribution is 5.95. The van der Waals surface area contributed by atoms with Crippen LogP contribution in [0.5, 0.6) is 11.5 Å².